The van der Waals surface area contributed by atoms with Crippen LogP contribution < -0.4 is 51.1 Å². The normalized spacial score (nSPS) is 17.4. The Morgan fingerprint density at radius 2 is 2.15 bits per heavy atom. The number of nitrogens with one attached hydrogen (secondary N) is 2. The van der Waals surface area contributed by atoms with Crippen LogP contribution in [0.1, 0.15) is 5.69 Å². The van der Waals surface area contributed by atoms with E-state index in [-0.39, 0.29) is 81.0 Å². The number of thioether (sulfide) groups is 3. The Bertz CT molecular complexity index is 1950. The van der Waals surface area contributed by atoms with Crippen LogP contribution in [-0.4, -0.2) is 98.5 Å². The quantitative estimate of drug-likeness (QED) is 0.0260. The molecule has 2 atom stereocenters. The Hall–Kier alpha value is -3.45. The number of rotatable bonds is 13. The molecule has 0 spiro atoms. The summed E-state index contributed by atoms with van der Waals surface area (Å²) >= 11 is 6.03. The molecule has 0 unspecified atom stereocenters. The number of carbonyl (C=O) groups excluding carboxylic acids is 3. The Morgan fingerprint density at radius 1 is 1.31 bits per heavy atom. The SMILES string of the molecule is Nc1nc(/C(=N/OCCSc2nnc(-c3cc(=O)c(O)c[nH]3)o2)C(=O)N[C@@H]2C(=O)N3C(C(=O)[O-])=C(CSc4cnns4)CS[C@H]23)cs1.[Na+]. The van der Waals surface area contributed by atoms with Crippen molar-refractivity contribution in [2.75, 3.05) is 29.6 Å². The van der Waals surface area contributed by atoms with E-state index in [1.165, 1.54) is 40.4 Å². The number of nitrogens with two attached hydrogens (primary N) is 1. The molecule has 2 aliphatic heterocycles. The molecule has 2 aliphatic rings. The van der Waals surface area contributed by atoms with Crippen LogP contribution in [0, 0.1) is 0 Å². The molecule has 4 aromatic heterocycles. The predicted molar refractivity (Wildman–Crippen MR) is 169 cm³/mol. The van der Waals surface area contributed by atoms with Crippen molar-refractivity contribution in [2.45, 2.75) is 20.8 Å². The number of nitrogen functional groups attached to an aromatic ring is 1. The molecule has 18 nitrogen and oxygen atoms in total. The largest absolute Gasteiger partial charge is 1.00 e. The number of carboxylic acid groups (broad SMARTS) is 1. The number of β-lactam (4-membered cyclic amide) rings is 1. The maximum absolute atomic E-state index is 13.3. The van der Waals surface area contributed by atoms with E-state index in [9.17, 15) is 29.4 Å². The van der Waals surface area contributed by atoms with Crippen molar-refractivity contribution in [3.63, 3.8) is 0 Å². The summed E-state index contributed by atoms with van der Waals surface area (Å²) in [4.78, 5) is 63.5. The summed E-state index contributed by atoms with van der Waals surface area (Å²) in [6.45, 7) is -0.0123. The second kappa shape index (κ2) is 15.8. The van der Waals surface area contributed by atoms with Crippen molar-refractivity contribution in [2.24, 2.45) is 5.16 Å². The van der Waals surface area contributed by atoms with E-state index < -0.39 is 40.4 Å². The van der Waals surface area contributed by atoms with Crippen molar-refractivity contribution in [1.29, 1.82) is 0 Å². The van der Waals surface area contributed by atoms with Crippen LogP contribution in [-0.2, 0) is 19.2 Å². The fourth-order valence-corrected chi connectivity index (χ4v) is 8.24. The van der Waals surface area contributed by atoms with Crippen LogP contribution in [0.15, 0.2) is 58.9 Å². The number of aromatic amines is 1. The molecule has 6 rings (SSSR count). The van der Waals surface area contributed by atoms with Crippen LogP contribution in [0.4, 0.5) is 5.13 Å². The van der Waals surface area contributed by atoms with E-state index in [1.54, 1.807) is 6.20 Å². The predicted octanol–water partition coefficient (Wildman–Crippen LogP) is -3.27. The van der Waals surface area contributed by atoms with E-state index >= 15 is 0 Å². The number of aromatic nitrogens is 6. The molecule has 244 valence electrons. The van der Waals surface area contributed by atoms with Gasteiger partial charge < -0.3 is 40.3 Å². The van der Waals surface area contributed by atoms with Gasteiger partial charge in [-0.15, -0.1) is 50.2 Å². The number of aromatic hydroxyl groups is 1. The van der Waals surface area contributed by atoms with Gasteiger partial charge in [-0.3, -0.25) is 19.3 Å². The molecular weight excluding hydrogens is 740 g/mol. The smallest absolute Gasteiger partial charge is 0.543 e. The molecule has 6 heterocycles. The molecule has 48 heavy (non-hydrogen) atoms. The van der Waals surface area contributed by atoms with Crippen molar-refractivity contribution in [3.8, 4) is 17.3 Å². The number of nitrogens with zero attached hydrogens (tertiary/aromatic N) is 7. The zero-order chi connectivity index (χ0) is 33.1. The minimum atomic E-state index is -1.48. The molecule has 0 saturated carbocycles. The fourth-order valence-electron chi connectivity index (χ4n) is 4.21. The number of oxime groups is 1. The van der Waals surface area contributed by atoms with Gasteiger partial charge in [0.1, 0.15) is 33.6 Å². The van der Waals surface area contributed by atoms with Crippen LogP contribution in [0.3, 0.4) is 0 Å². The van der Waals surface area contributed by atoms with Crippen molar-refractivity contribution >= 4 is 86.8 Å². The van der Waals surface area contributed by atoms with Gasteiger partial charge in [0.2, 0.25) is 5.43 Å². The van der Waals surface area contributed by atoms with Crippen molar-refractivity contribution < 1.29 is 63.4 Å². The summed E-state index contributed by atoms with van der Waals surface area (Å²) in [5.74, 6) is -2.40. The number of pyridine rings is 1. The zero-order valence-electron chi connectivity index (χ0n) is 24.3. The van der Waals surface area contributed by atoms with E-state index in [1.807, 2.05) is 0 Å². The summed E-state index contributed by atoms with van der Waals surface area (Å²) < 4.78 is 10.1. The van der Waals surface area contributed by atoms with Gasteiger partial charge in [-0.2, -0.15) is 0 Å². The number of carboxylic acids is 1. The summed E-state index contributed by atoms with van der Waals surface area (Å²) in [5.41, 5.74) is 5.56. The molecule has 0 aliphatic carbocycles. The molecule has 4 aromatic rings. The average molecular weight is 759 g/mol. The summed E-state index contributed by atoms with van der Waals surface area (Å²) in [6.07, 6.45) is 2.68. The first-order chi connectivity index (χ1) is 22.7. The maximum Gasteiger partial charge on any atom is 1.00 e. The van der Waals surface area contributed by atoms with Gasteiger partial charge >= 0.3 is 29.6 Å². The van der Waals surface area contributed by atoms with Crippen molar-refractivity contribution in [3.05, 3.63) is 51.0 Å². The molecule has 2 amide bonds. The third-order valence-electron chi connectivity index (χ3n) is 6.32. The third kappa shape index (κ3) is 7.88. The molecular formula is C24H19N10NaO8S5. The minimum Gasteiger partial charge on any atom is -0.543 e. The second-order valence-electron chi connectivity index (χ2n) is 9.29. The Labute approximate surface area is 311 Å². The first-order valence-corrected chi connectivity index (χ1v) is 17.8. The number of carbonyl (C=O) groups is 3. The Kier molecular flexibility index (Phi) is 11.8. The first-order valence-electron chi connectivity index (χ1n) is 13.1. The van der Waals surface area contributed by atoms with Crippen LogP contribution >= 0.6 is 58.2 Å². The van der Waals surface area contributed by atoms with Gasteiger partial charge in [0.15, 0.2) is 16.6 Å². The Balaban J connectivity index is 0.00000451. The number of anilines is 1. The molecule has 0 bridgehead atoms. The minimum absolute atomic E-state index is 0. The van der Waals surface area contributed by atoms with Gasteiger partial charge in [0.25, 0.3) is 22.9 Å². The monoisotopic (exact) mass is 758 g/mol. The molecule has 1 saturated heterocycles. The van der Waals surface area contributed by atoms with Crippen LogP contribution in [0.5, 0.6) is 5.75 Å². The van der Waals surface area contributed by atoms with Gasteiger partial charge in [-0.25, -0.2) is 4.98 Å². The molecule has 0 aromatic carbocycles. The fraction of sp³-hybridized carbons (Fsp3) is 0.250. The van der Waals surface area contributed by atoms with Crippen molar-refractivity contribution in [1.82, 2.24) is 40.0 Å². The molecule has 24 heteroatoms. The number of aliphatic carboxylic acids is 1. The van der Waals surface area contributed by atoms with E-state index in [2.05, 4.69) is 40.2 Å². The standard InChI is InChI=1S/C24H20N10O8S5.Na/c25-23-28-11(8-46-23)15(32-41-1-2-43-24-31-30-19(42-24)10-3-12(35)13(36)4-26-10)18(37)29-16-20(38)34-17(22(39)40)9(7-45-21(16)34)6-44-14-5-27-33-47-14;/h3-5,8,16,21,36H,1-2,6-7H2,(H2,25,28)(H,26,35)(H,29,37)(H,39,40);/q;+1/p-1/b32-15-;/t16-,21-;/m1./s1. The number of H-pyrrole nitrogens is 1. The molecule has 1 fully saturated rings. The zero-order valence-corrected chi connectivity index (χ0v) is 30.4. The average Bonchev–Trinajstić information content (AvgIpc) is 3.84. The first kappa shape index (κ1) is 35.8. The number of thiazole rings is 1. The van der Waals surface area contributed by atoms with Gasteiger partial charge in [-0.05, 0) is 17.1 Å². The van der Waals surface area contributed by atoms with E-state index in [4.69, 9.17) is 15.0 Å². The van der Waals surface area contributed by atoms with Gasteiger partial charge in [-0.1, -0.05) is 21.4 Å². The molecule has 0 radical (unpaired) electrons. The summed E-state index contributed by atoms with van der Waals surface area (Å²) in [5, 5.41) is 40.7. The maximum atomic E-state index is 13.3. The number of amides is 2. The molecule has 5 N–H and O–H groups in total. The van der Waals surface area contributed by atoms with Gasteiger partial charge in [0, 0.05) is 34.9 Å². The van der Waals surface area contributed by atoms with Crippen LogP contribution in [0.25, 0.3) is 11.6 Å². The topological polar surface area (TPSA) is 268 Å². The van der Waals surface area contributed by atoms with E-state index in [0.29, 0.717) is 17.1 Å². The Morgan fingerprint density at radius 3 is 2.85 bits per heavy atom. The number of fused-ring (bicyclic) bond motifs is 1. The third-order valence-corrected chi connectivity index (χ3v) is 11.0. The van der Waals surface area contributed by atoms with Crippen LogP contribution in [0.2, 0.25) is 0 Å². The van der Waals surface area contributed by atoms with E-state index in [0.717, 1.165) is 44.5 Å². The summed E-state index contributed by atoms with van der Waals surface area (Å²) in [7, 11) is 0. The number of hydrogen-bond donors (Lipinski definition) is 4. The second-order valence-corrected chi connectivity index (χ2v) is 14.4. The van der Waals surface area contributed by atoms with Gasteiger partial charge in [0.05, 0.1) is 17.9 Å². The summed E-state index contributed by atoms with van der Waals surface area (Å²) in [6, 6.07) is 0.0852. The number of hydrogen-bond acceptors (Lipinski definition) is 20.